The van der Waals surface area contributed by atoms with E-state index in [2.05, 4.69) is 18.0 Å². The monoisotopic (exact) mass is 279 g/mol. The molecule has 19 heavy (non-hydrogen) atoms. The van der Waals surface area contributed by atoms with E-state index in [-0.39, 0.29) is 5.76 Å². The van der Waals surface area contributed by atoms with E-state index in [1.165, 1.54) is 12.0 Å². The second-order valence-corrected chi connectivity index (χ2v) is 5.32. The lowest BCUT2D eigenvalue weighted by Crippen LogP contribution is -2.03. The molecular formula is C14H17NO3S. The molecule has 0 aliphatic rings. The summed E-state index contributed by atoms with van der Waals surface area (Å²) in [6.07, 6.45) is 2.59. The van der Waals surface area contributed by atoms with Crippen molar-refractivity contribution in [3.8, 4) is 10.8 Å². The lowest BCUT2D eigenvalue weighted by molar-refractivity contribution is 0.0564. The minimum Gasteiger partial charge on any atom is -0.463 e. The van der Waals surface area contributed by atoms with Gasteiger partial charge < -0.3 is 9.15 Å². The minimum atomic E-state index is -0.463. The Hall–Kier alpha value is -1.62. The van der Waals surface area contributed by atoms with Crippen LogP contribution in [-0.4, -0.2) is 18.1 Å². The number of ether oxygens (including phenoxy) is 1. The van der Waals surface area contributed by atoms with E-state index in [9.17, 15) is 4.79 Å². The van der Waals surface area contributed by atoms with Gasteiger partial charge in [0.15, 0.2) is 0 Å². The molecule has 0 atom stereocenters. The van der Waals surface area contributed by atoms with E-state index in [1.807, 2.05) is 13.0 Å². The van der Waals surface area contributed by atoms with Gasteiger partial charge in [0.25, 0.3) is 0 Å². The van der Waals surface area contributed by atoms with Crippen molar-refractivity contribution >= 4 is 17.3 Å². The average Bonchev–Trinajstić information content (AvgIpc) is 3.04. The number of thiophene rings is 1. The van der Waals surface area contributed by atoms with Crippen LogP contribution in [0, 0.1) is 0 Å². The van der Waals surface area contributed by atoms with Gasteiger partial charge in [0.2, 0.25) is 11.7 Å². The predicted octanol–water partition coefficient (Wildman–Crippen LogP) is 3.70. The number of nitrogens with zero attached hydrogens (tertiary/aromatic N) is 1. The summed E-state index contributed by atoms with van der Waals surface area (Å²) in [5, 5.41) is 0. The van der Waals surface area contributed by atoms with Crippen molar-refractivity contribution in [2.24, 2.45) is 0 Å². The standard InChI is InChI=1S/C14H17NO3S/c1-4-6-10-12(14(16)17-3)18-13(15-10)11-8-7-9(5-2)19-11/h7-8H,4-6H2,1-3H3. The predicted molar refractivity (Wildman–Crippen MR) is 74.5 cm³/mol. The van der Waals surface area contributed by atoms with Gasteiger partial charge in [-0.25, -0.2) is 9.78 Å². The molecule has 0 bridgehead atoms. The minimum absolute atomic E-state index is 0.228. The molecule has 2 heterocycles. The van der Waals surface area contributed by atoms with Crippen LogP contribution in [0.15, 0.2) is 16.5 Å². The van der Waals surface area contributed by atoms with E-state index < -0.39 is 5.97 Å². The van der Waals surface area contributed by atoms with Crippen molar-refractivity contribution in [2.75, 3.05) is 7.11 Å². The first kappa shape index (κ1) is 13.8. The summed E-state index contributed by atoms with van der Waals surface area (Å²) in [4.78, 5) is 18.3. The zero-order chi connectivity index (χ0) is 13.8. The molecule has 0 unspecified atom stereocenters. The SMILES string of the molecule is CCCc1nc(-c2ccc(CC)s2)oc1C(=O)OC. The molecule has 0 amide bonds. The van der Waals surface area contributed by atoms with Gasteiger partial charge in [0.05, 0.1) is 17.7 Å². The maximum Gasteiger partial charge on any atom is 0.376 e. The Kier molecular flexibility index (Phi) is 4.37. The molecular weight excluding hydrogens is 262 g/mol. The van der Waals surface area contributed by atoms with E-state index in [1.54, 1.807) is 11.3 Å². The van der Waals surface area contributed by atoms with Gasteiger partial charge in [0, 0.05) is 4.88 Å². The normalized spacial score (nSPS) is 10.7. The Bertz CT molecular complexity index is 571. The van der Waals surface area contributed by atoms with Crippen LogP contribution in [0.5, 0.6) is 0 Å². The van der Waals surface area contributed by atoms with Crippen LogP contribution in [0.1, 0.15) is 41.4 Å². The third-order valence-corrected chi connectivity index (χ3v) is 3.99. The fraction of sp³-hybridized carbons (Fsp3) is 0.429. The van der Waals surface area contributed by atoms with Crippen molar-refractivity contribution in [2.45, 2.75) is 33.1 Å². The fourth-order valence-electron chi connectivity index (χ4n) is 1.80. The summed E-state index contributed by atoms with van der Waals surface area (Å²) in [7, 11) is 1.35. The number of esters is 1. The number of hydrogen-bond acceptors (Lipinski definition) is 5. The van der Waals surface area contributed by atoms with E-state index in [0.717, 1.165) is 17.7 Å². The average molecular weight is 279 g/mol. The van der Waals surface area contributed by atoms with Crippen molar-refractivity contribution in [1.29, 1.82) is 0 Å². The third kappa shape index (κ3) is 2.87. The molecule has 0 saturated carbocycles. The van der Waals surface area contributed by atoms with Gasteiger partial charge in [-0.3, -0.25) is 0 Å². The molecule has 5 heteroatoms. The summed E-state index contributed by atoms with van der Waals surface area (Å²) < 4.78 is 10.3. The maximum atomic E-state index is 11.7. The van der Waals surface area contributed by atoms with E-state index in [0.29, 0.717) is 18.0 Å². The zero-order valence-corrected chi connectivity index (χ0v) is 12.2. The highest BCUT2D eigenvalue weighted by molar-refractivity contribution is 7.15. The summed E-state index contributed by atoms with van der Waals surface area (Å²) in [6.45, 7) is 4.14. The molecule has 2 aromatic heterocycles. The molecule has 0 aliphatic heterocycles. The Morgan fingerprint density at radius 2 is 2.21 bits per heavy atom. The molecule has 4 nitrogen and oxygen atoms in total. The highest BCUT2D eigenvalue weighted by Crippen LogP contribution is 2.30. The van der Waals surface area contributed by atoms with Crippen molar-refractivity contribution < 1.29 is 13.9 Å². The number of oxazole rings is 1. The number of methoxy groups -OCH3 is 1. The summed E-state index contributed by atoms with van der Waals surface area (Å²) in [5.74, 6) is 0.272. The van der Waals surface area contributed by atoms with Crippen LogP contribution in [0.2, 0.25) is 0 Å². The zero-order valence-electron chi connectivity index (χ0n) is 11.4. The van der Waals surface area contributed by atoms with Crippen LogP contribution in [-0.2, 0) is 17.6 Å². The lowest BCUT2D eigenvalue weighted by atomic mass is 10.2. The maximum absolute atomic E-state index is 11.7. The molecule has 0 spiro atoms. The largest absolute Gasteiger partial charge is 0.463 e. The van der Waals surface area contributed by atoms with Gasteiger partial charge >= 0.3 is 5.97 Å². The van der Waals surface area contributed by atoms with E-state index >= 15 is 0 Å². The Morgan fingerprint density at radius 1 is 1.42 bits per heavy atom. The molecule has 2 rings (SSSR count). The van der Waals surface area contributed by atoms with Gasteiger partial charge in [-0.05, 0) is 25.0 Å². The number of aromatic nitrogens is 1. The number of hydrogen-bond donors (Lipinski definition) is 0. The molecule has 102 valence electrons. The first-order chi connectivity index (χ1) is 9.19. The molecule has 0 N–H and O–H groups in total. The van der Waals surface area contributed by atoms with Gasteiger partial charge in [0.1, 0.15) is 0 Å². The Morgan fingerprint density at radius 3 is 2.79 bits per heavy atom. The molecule has 0 aromatic carbocycles. The number of aryl methyl sites for hydroxylation is 2. The quantitative estimate of drug-likeness (QED) is 0.783. The van der Waals surface area contributed by atoms with Gasteiger partial charge in [-0.2, -0.15) is 0 Å². The first-order valence-corrected chi connectivity index (χ1v) is 7.18. The highest BCUT2D eigenvalue weighted by atomic mass is 32.1. The van der Waals surface area contributed by atoms with Crippen LogP contribution < -0.4 is 0 Å². The number of carbonyl (C=O) groups excluding carboxylic acids is 1. The van der Waals surface area contributed by atoms with E-state index in [4.69, 9.17) is 9.15 Å². The summed E-state index contributed by atoms with van der Waals surface area (Å²) in [5.41, 5.74) is 0.677. The lowest BCUT2D eigenvalue weighted by Gasteiger charge is -1.96. The topological polar surface area (TPSA) is 52.3 Å². The molecule has 0 aliphatic carbocycles. The second kappa shape index (κ2) is 6.02. The van der Waals surface area contributed by atoms with Crippen LogP contribution in [0.4, 0.5) is 0 Å². The van der Waals surface area contributed by atoms with Crippen molar-refractivity contribution in [3.05, 3.63) is 28.5 Å². The number of rotatable bonds is 5. The van der Waals surface area contributed by atoms with Crippen molar-refractivity contribution in [1.82, 2.24) is 4.98 Å². The Labute approximate surface area is 116 Å². The number of carbonyl (C=O) groups is 1. The smallest absolute Gasteiger partial charge is 0.376 e. The van der Waals surface area contributed by atoms with Crippen LogP contribution >= 0.6 is 11.3 Å². The second-order valence-electron chi connectivity index (χ2n) is 4.16. The molecule has 2 aromatic rings. The molecule has 0 radical (unpaired) electrons. The summed E-state index contributed by atoms with van der Waals surface area (Å²) >= 11 is 1.64. The fourth-order valence-corrected chi connectivity index (χ4v) is 2.67. The van der Waals surface area contributed by atoms with Crippen LogP contribution in [0.3, 0.4) is 0 Å². The third-order valence-electron chi connectivity index (χ3n) is 2.78. The molecule has 0 saturated heterocycles. The Balaban J connectivity index is 2.38. The molecule has 0 fully saturated rings. The van der Waals surface area contributed by atoms with Crippen LogP contribution in [0.25, 0.3) is 10.8 Å². The van der Waals surface area contributed by atoms with Gasteiger partial charge in [-0.15, -0.1) is 11.3 Å². The summed E-state index contributed by atoms with van der Waals surface area (Å²) in [6, 6.07) is 4.04. The highest BCUT2D eigenvalue weighted by Gasteiger charge is 2.21. The van der Waals surface area contributed by atoms with Gasteiger partial charge in [-0.1, -0.05) is 20.3 Å². The first-order valence-electron chi connectivity index (χ1n) is 6.36. The van der Waals surface area contributed by atoms with Crippen molar-refractivity contribution in [3.63, 3.8) is 0 Å².